The largest absolute Gasteiger partial charge is 0.322 e. The molecule has 0 spiro atoms. The monoisotopic (exact) mass is 386 g/mol. The number of hydrogen-bond donors (Lipinski definition) is 1. The highest BCUT2D eigenvalue weighted by Gasteiger charge is 2.27. The molecule has 2 aromatic carbocycles. The van der Waals surface area contributed by atoms with Gasteiger partial charge in [0.15, 0.2) is 0 Å². The number of hydrogen-bond acceptors (Lipinski definition) is 3. The van der Waals surface area contributed by atoms with Crippen molar-refractivity contribution in [2.24, 2.45) is 5.92 Å². The summed E-state index contributed by atoms with van der Waals surface area (Å²) in [4.78, 5) is 12.7. The van der Waals surface area contributed by atoms with Gasteiger partial charge < -0.3 is 5.32 Å². The van der Waals surface area contributed by atoms with Gasteiger partial charge in [0.05, 0.1) is 4.90 Å². The SMILES string of the molecule is CC(C)Cc1cccc(NC(=O)c2ccc(S(=O)(=O)N3CCCC3)cc2)c1. The zero-order chi connectivity index (χ0) is 19.4. The summed E-state index contributed by atoms with van der Waals surface area (Å²) in [6.45, 7) is 5.45. The lowest BCUT2D eigenvalue weighted by molar-refractivity contribution is 0.102. The Morgan fingerprint density at radius 1 is 1.07 bits per heavy atom. The molecule has 5 nitrogen and oxygen atoms in total. The molecule has 1 N–H and O–H groups in total. The number of benzene rings is 2. The van der Waals surface area contributed by atoms with Crippen LogP contribution in [0.25, 0.3) is 0 Å². The molecule has 2 aromatic rings. The van der Waals surface area contributed by atoms with E-state index in [9.17, 15) is 13.2 Å². The molecule has 0 radical (unpaired) electrons. The Hall–Kier alpha value is -2.18. The molecule has 1 aliphatic rings. The van der Waals surface area contributed by atoms with Crippen LogP contribution in [0.4, 0.5) is 5.69 Å². The first-order valence-corrected chi connectivity index (χ1v) is 10.8. The van der Waals surface area contributed by atoms with Gasteiger partial charge in [-0.1, -0.05) is 26.0 Å². The van der Waals surface area contributed by atoms with E-state index in [0.717, 1.165) is 24.9 Å². The smallest absolute Gasteiger partial charge is 0.255 e. The maximum Gasteiger partial charge on any atom is 0.255 e. The first kappa shape index (κ1) is 19.6. The summed E-state index contributed by atoms with van der Waals surface area (Å²) >= 11 is 0. The van der Waals surface area contributed by atoms with E-state index in [-0.39, 0.29) is 10.8 Å². The van der Waals surface area contributed by atoms with Crippen LogP contribution >= 0.6 is 0 Å². The van der Waals surface area contributed by atoms with Crippen LogP contribution < -0.4 is 5.32 Å². The molecule has 1 aliphatic heterocycles. The van der Waals surface area contributed by atoms with E-state index in [4.69, 9.17) is 0 Å². The third-order valence-electron chi connectivity index (χ3n) is 4.65. The lowest BCUT2D eigenvalue weighted by Gasteiger charge is -2.15. The number of carbonyl (C=O) groups excluding carboxylic acids is 1. The van der Waals surface area contributed by atoms with Crippen LogP contribution in [0.1, 0.15) is 42.6 Å². The number of carbonyl (C=O) groups is 1. The topological polar surface area (TPSA) is 66.5 Å². The Bertz CT molecular complexity index is 899. The predicted molar refractivity (Wildman–Crippen MR) is 107 cm³/mol. The van der Waals surface area contributed by atoms with Crippen molar-refractivity contribution in [2.75, 3.05) is 18.4 Å². The van der Waals surface area contributed by atoms with Gasteiger partial charge in [-0.25, -0.2) is 8.42 Å². The Morgan fingerprint density at radius 2 is 1.74 bits per heavy atom. The minimum atomic E-state index is -3.46. The Morgan fingerprint density at radius 3 is 2.37 bits per heavy atom. The predicted octanol–water partition coefficient (Wildman–Crippen LogP) is 3.92. The van der Waals surface area contributed by atoms with Gasteiger partial charge in [0.25, 0.3) is 5.91 Å². The van der Waals surface area contributed by atoms with Gasteiger partial charge in [0.2, 0.25) is 10.0 Å². The molecule has 0 aliphatic carbocycles. The molecule has 1 saturated heterocycles. The molecule has 1 heterocycles. The second-order valence-corrected chi connectivity index (χ2v) is 9.33. The fraction of sp³-hybridized carbons (Fsp3) is 0.381. The minimum absolute atomic E-state index is 0.236. The van der Waals surface area contributed by atoms with Crippen molar-refractivity contribution in [3.05, 3.63) is 59.7 Å². The van der Waals surface area contributed by atoms with Crippen molar-refractivity contribution < 1.29 is 13.2 Å². The molecule has 0 bridgehead atoms. The number of anilines is 1. The van der Waals surface area contributed by atoms with Gasteiger partial charge >= 0.3 is 0 Å². The number of nitrogens with one attached hydrogen (secondary N) is 1. The van der Waals surface area contributed by atoms with Gasteiger partial charge in [-0.2, -0.15) is 4.31 Å². The van der Waals surface area contributed by atoms with Gasteiger partial charge in [0.1, 0.15) is 0 Å². The van der Waals surface area contributed by atoms with Gasteiger partial charge in [-0.05, 0) is 67.1 Å². The molecule has 0 atom stereocenters. The van der Waals surface area contributed by atoms with Crippen molar-refractivity contribution in [1.29, 1.82) is 0 Å². The second kappa shape index (κ2) is 8.23. The normalized spacial score (nSPS) is 15.2. The number of rotatable bonds is 6. The molecular formula is C21H26N2O3S. The summed E-state index contributed by atoms with van der Waals surface area (Å²) in [5.74, 6) is 0.294. The lowest BCUT2D eigenvalue weighted by Crippen LogP contribution is -2.27. The highest BCUT2D eigenvalue weighted by Crippen LogP contribution is 2.21. The maximum atomic E-state index is 12.6. The number of amides is 1. The third-order valence-corrected chi connectivity index (χ3v) is 6.56. The highest BCUT2D eigenvalue weighted by atomic mass is 32.2. The van der Waals surface area contributed by atoms with Crippen LogP contribution in [0.5, 0.6) is 0 Å². The van der Waals surface area contributed by atoms with Crippen LogP contribution in [0.3, 0.4) is 0 Å². The average molecular weight is 387 g/mol. The Labute approximate surface area is 161 Å². The fourth-order valence-corrected chi connectivity index (χ4v) is 4.82. The zero-order valence-electron chi connectivity index (χ0n) is 15.8. The molecule has 0 saturated carbocycles. The summed E-state index contributed by atoms with van der Waals surface area (Å²) in [6.07, 6.45) is 2.75. The van der Waals surface area contributed by atoms with Gasteiger partial charge in [-0.3, -0.25) is 4.79 Å². The lowest BCUT2D eigenvalue weighted by atomic mass is 10.0. The first-order chi connectivity index (χ1) is 12.9. The molecule has 0 aromatic heterocycles. The van der Waals surface area contributed by atoms with E-state index < -0.39 is 10.0 Å². The van der Waals surface area contributed by atoms with Crippen LogP contribution in [-0.4, -0.2) is 31.7 Å². The van der Waals surface area contributed by atoms with Gasteiger partial charge in [0, 0.05) is 24.3 Å². The molecule has 1 fully saturated rings. The van der Waals surface area contributed by atoms with E-state index >= 15 is 0 Å². The molecule has 144 valence electrons. The molecular weight excluding hydrogens is 360 g/mol. The van der Waals surface area contributed by atoms with Crippen LogP contribution in [0.15, 0.2) is 53.4 Å². The number of nitrogens with zero attached hydrogens (tertiary/aromatic N) is 1. The Balaban J connectivity index is 1.71. The van der Waals surface area contributed by atoms with Crippen molar-refractivity contribution in [1.82, 2.24) is 4.31 Å². The van der Waals surface area contributed by atoms with Gasteiger partial charge in [-0.15, -0.1) is 0 Å². The summed E-state index contributed by atoms with van der Waals surface area (Å²) in [6, 6.07) is 14.0. The van der Waals surface area contributed by atoms with Crippen LogP contribution in [-0.2, 0) is 16.4 Å². The molecule has 0 unspecified atom stereocenters. The number of sulfonamides is 1. The van der Waals surface area contributed by atoms with Crippen molar-refractivity contribution >= 4 is 21.6 Å². The molecule has 3 rings (SSSR count). The average Bonchev–Trinajstić information content (AvgIpc) is 3.17. The van der Waals surface area contributed by atoms with Crippen LogP contribution in [0.2, 0.25) is 0 Å². The summed E-state index contributed by atoms with van der Waals surface area (Å²) < 4.78 is 26.6. The van der Waals surface area contributed by atoms with E-state index in [0.29, 0.717) is 24.6 Å². The molecule has 27 heavy (non-hydrogen) atoms. The maximum absolute atomic E-state index is 12.6. The fourth-order valence-electron chi connectivity index (χ4n) is 3.31. The summed E-state index contributed by atoms with van der Waals surface area (Å²) in [5, 5.41) is 2.89. The highest BCUT2D eigenvalue weighted by molar-refractivity contribution is 7.89. The zero-order valence-corrected chi connectivity index (χ0v) is 16.6. The van der Waals surface area contributed by atoms with Crippen LogP contribution in [0, 0.1) is 5.92 Å². The molecule has 1 amide bonds. The second-order valence-electron chi connectivity index (χ2n) is 7.39. The van der Waals surface area contributed by atoms with E-state index in [1.165, 1.54) is 22.0 Å². The standard InChI is InChI=1S/C21H26N2O3S/c1-16(2)14-17-6-5-7-19(15-17)22-21(24)18-8-10-20(11-9-18)27(25,26)23-12-3-4-13-23/h5-11,15-16H,3-4,12-14H2,1-2H3,(H,22,24). The van der Waals surface area contributed by atoms with E-state index in [2.05, 4.69) is 19.2 Å². The quantitative estimate of drug-likeness (QED) is 0.818. The third kappa shape index (κ3) is 4.76. The van der Waals surface area contributed by atoms with Crippen molar-refractivity contribution in [2.45, 2.75) is 38.0 Å². The Kier molecular flexibility index (Phi) is 5.97. The first-order valence-electron chi connectivity index (χ1n) is 9.37. The minimum Gasteiger partial charge on any atom is -0.322 e. The summed E-state index contributed by atoms with van der Waals surface area (Å²) in [5.41, 5.74) is 2.35. The van der Waals surface area contributed by atoms with Crippen molar-refractivity contribution in [3.8, 4) is 0 Å². The summed E-state index contributed by atoms with van der Waals surface area (Å²) in [7, 11) is -3.46. The van der Waals surface area contributed by atoms with E-state index in [1.807, 2.05) is 24.3 Å². The molecule has 6 heteroatoms. The van der Waals surface area contributed by atoms with E-state index in [1.54, 1.807) is 12.1 Å². The van der Waals surface area contributed by atoms with Crippen molar-refractivity contribution in [3.63, 3.8) is 0 Å².